The largest absolute Gasteiger partial charge is 0.497 e. The Labute approximate surface area is 189 Å². The number of sulfonamides is 1. The van der Waals surface area contributed by atoms with Crippen LogP contribution < -0.4 is 4.74 Å². The fraction of sp³-hybridized carbons (Fsp3) is 0.417. The minimum atomic E-state index is -3.63. The molecule has 8 heteroatoms. The van der Waals surface area contributed by atoms with Gasteiger partial charge < -0.3 is 9.64 Å². The van der Waals surface area contributed by atoms with Gasteiger partial charge in [-0.2, -0.15) is 9.57 Å². The van der Waals surface area contributed by atoms with Gasteiger partial charge in [-0.05, 0) is 67.6 Å². The highest BCUT2D eigenvalue weighted by Crippen LogP contribution is 2.35. The molecule has 1 amide bonds. The van der Waals surface area contributed by atoms with Gasteiger partial charge in [0, 0.05) is 25.6 Å². The van der Waals surface area contributed by atoms with Gasteiger partial charge in [-0.3, -0.25) is 4.79 Å². The molecule has 2 aromatic carbocycles. The van der Waals surface area contributed by atoms with E-state index in [9.17, 15) is 13.2 Å². The van der Waals surface area contributed by atoms with Crippen LogP contribution in [0.1, 0.15) is 42.9 Å². The number of methoxy groups -OCH3 is 1. The van der Waals surface area contributed by atoms with Gasteiger partial charge in [0.2, 0.25) is 15.9 Å². The first-order valence-corrected chi connectivity index (χ1v) is 12.3. The fourth-order valence-electron chi connectivity index (χ4n) is 4.63. The summed E-state index contributed by atoms with van der Waals surface area (Å²) in [7, 11) is -2.00. The number of carbonyl (C=O) groups is 1. The molecule has 0 aliphatic carbocycles. The molecule has 0 radical (unpaired) electrons. The zero-order valence-electron chi connectivity index (χ0n) is 18.1. The summed E-state index contributed by atoms with van der Waals surface area (Å²) in [6.07, 6.45) is 2.93. The molecule has 0 bridgehead atoms. The lowest BCUT2D eigenvalue weighted by molar-refractivity contribution is -0.137. The predicted molar refractivity (Wildman–Crippen MR) is 119 cm³/mol. The van der Waals surface area contributed by atoms with Crippen molar-refractivity contribution < 1.29 is 17.9 Å². The third-order valence-electron chi connectivity index (χ3n) is 6.46. The van der Waals surface area contributed by atoms with Gasteiger partial charge in [0.25, 0.3) is 0 Å². The molecule has 0 aromatic heterocycles. The van der Waals surface area contributed by atoms with Crippen LogP contribution in [0.4, 0.5) is 0 Å². The number of amides is 1. The summed E-state index contributed by atoms with van der Waals surface area (Å²) in [5, 5.41) is 8.91. The van der Waals surface area contributed by atoms with Crippen molar-refractivity contribution in [2.75, 3.05) is 26.7 Å². The first-order valence-electron chi connectivity index (χ1n) is 10.9. The Morgan fingerprint density at radius 2 is 1.66 bits per heavy atom. The average molecular weight is 454 g/mol. The number of hydrogen-bond donors (Lipinski definition) is 0. The molecule has 2 heterocycles. The van der Waals surface area contributed by atoms with Crippen molar-refractivity contribution in [2.45, 2.75) is 36.6 Å². The molecular weight excluding hydrogens is 426 g/mol. The molecule has 2 saturated heterocycles. The van der Waals surface area contributed by atoms with E-state index in [2.05, 4.69) is 0 Å². The van der Waals surface area contributed by atoms with Crippen molar-refractivity contribution in [1.82, 2.24) is 9.21 Å². The zero-order chi connectivity index (χ0) is 22.7. The summed E-state index contributed by atoms with van der Waals surface area (Å²) in [5.41, 5.74) is 1.53. The molecule has 0 N–H and O–H groups in total. The predicted octanol–water partition coefficient (Wildman–Crippen LogP) is 3.33. The summed E-state index contributed by atoms with van der Waals surface area (Å²) >= 11 is 0. The highest BCUT2D eigenvalue weighted by Gasteiger charge is 2.37. The average Bonchev–Trinajstić information content (AvgIpc) is 3.33. The fourth-order valence-corrected chi connectivity index (χ4v) is 6.10. The van der Waals surface area contributed by atoms with Crippen molar-refractivity contribution in [3.63, 3.8) is 0 Å². The second kappa shape index (κ2) is 9.31. The first kappa shape index (κ1) is 22.3. The van der Waals surface area contributed by atoms with E-state index >= 15 is 0 Å². The van der Waals surface area contributed by atoms with Crippen molar-refractivity contribution in [3.8, 4) is 11.8 Å². The van der Waals surface area contributed by atoms with Gasteiger partial charge in [0.1, 0.15) is 5.75 Å². The number of rotatable bonds is 5. The van der Waals surface area contributed by atoms with E-state index in [0.717, 1.165) is 30.7 Å². The zero-order valence-corrected chi connectivity index (χ0v) is 18.9. The Kier molecular flexibility index (Phi) is 6.49. The molecule has 0 saturated carbocycles. The van der Waals surface area contributed by atoms with Gasteiger partial charge in [0.05, 0.1) is 29.7 Å². The molecule has 1 atom stereocenters. The smallest absolute Gasteiger partial charge is 0.243 e. The van der Waals surface area contributed by atoms with Crippen LogP contribution in [-0.2, 0) is 14.8 Å². The second-order valence-electron chi connectivity index (χ2n) is 8.28. The molecule has 168 valence electrons. The molecule has 0 unspecified atom stereocenters. The number of benzene rings is 2. The summed E-state index contributed by atoms with van der Waals surface area (Å²) in [4.78, 5) is 15.5. The molecule has 2 aliphatic heterocycles. The van der Waals surface area contributed by atoms with E-state index in [1.54, 1.807) is 7.11 Å². The highest BCUT2D eigenvalue weighted by atomic mass is 32.2. The van der Waals surface area contributed by atoms with E-state index in [4.69, 9.17) is 10.00 Å². The normalized spacial score (nSPS) is 20.1. The van der Waals surface area contributed by atoms with Crippen LogP contribution in [-0.4, -0.2) is 50.3 Å². The lowest BCUT2D eigenvalue weighted by atomic mass is 9.95. The number of hydrogen-bond acceptors (Lipinski definition) is 5. The van der Waals surface area contributed by atoms with Gasteiger partial charge in [-0.1, -0.05) is 12.1 Å². The third-order valence-corrected chi connectivity index (χ3v) is 8.37. The van der Waals surface area contributed by atoms with Crippen LogP contribution in [0.3, 0.4) is 0 Å². The van der Waals surface area contributed by atoms with E-state index in [-0.39, 0.29) is 22.8 Å². The van der Waals surface area contributed by atoms with Crippen molar-refractivity contribution in [2.24, 2.45) is 5.92 Å². The maximum absolute atomic E-state index is 13.3. The van der Waals surface area contributed by atoms with E-state index in [1.807, 2.05) is 35.2 Å². The maximum atomic E-state index is 13.3. The molecule has 32 heavy (non-hydrogen) atoms. The van der Waals surface area contributed by atoms with Crippen LogP contribution in [0.2, 0.25) is 0 Å². The summed E-state index contributed by atoms with van der Waals surface area (Å²) in [6.45, 7) is 1.37. The molecule has 2 fully saturated rings. The Hall–Kier alpha value is -2.89. The first-order chi connectivity index (χ1) is 15.4. The van der Waals surface area contributed by atoms with E-state index in [1.165, 1.54) is 28.6 Å². The van der Waals surface area contributed by atoms with Crippen molar-refractivity contribution in [3.05, 3.63) is 59.7 Å². The van der Waals surface area contributed by atoms with E-state index < -0.39 is 10.0 Å². The number of nitriles is 1. The number of nitrogens with zero attached hydrogens (tertiary/aromatic N) is 3. The van der Waals surface area contributed by atoms with Gasteiger partial charge in [0.15, 0.2) is 0 Å². The molecule has 2 aliphatic rings. The second-order valence-corrected chi connectivity index (χ2v) is 10.2. The monoisotopic (exact) mass is 453 g/mol. The van der Waals surface area contributed by atoms with E-state index in [0.29, 0.717) is 31.5 Å². The highest BCUT2D eigenvalue weighted by molar-refractivity contribution is 7.89. The molecule has 7 nitrogen and oxygen atoms in total. The number of ether oxygens (including phenoxy) is 1. The summed E-state index contributed by atoms with van der Waals surface area (Å²) in [5.74, 6) is 0.750. The van der Waals surface area contributed by atoms with Crippen molar-refractivity contribution >= 4 is 15.9 Å². The molecule has 4 rings (SSSR count). The standard InChI is InChI=1S/C24H27N3O4S/c1-31-21-8-6-19(7-9-21)23-3-2-14-27(23)24(28)20-12-15-26(16-13-20)32(29,30)22-10-4-18(17-25)5-11-22/h4-11,20,23H,2-3,12-16H2,1H3/t23-/m0/s1. The quantitative estimate of drug-likeness (QED) is 0.693. The lowest BCUT2D eigenvalue weighted by Crippen LogP contribution is -2.44. The third kappa shape index (κ3) is 4.36. The molecule has 2 aromatic rings. The van der Waals surface area contributed by atoms with Crippen LogP contribution >= 0.6 is 0 Å². The number of likely N-dealkylation sites (tertiary alicyclic amines) is 1. The van der Waals surface area contributed by atoms with Gasteiger partial charge in [-0.15, -0.1) is 0 Å². The van der Waals surface area contributed by atoms with Crippen LogP contribution in [0.5, 0.6) is 5.75 Å². The van der Waals surface area contributed by atoms with Gasteiger partial charge >= 0.3 is 0 Å². The minimum absolute atomic E-state index is 0.0637. The van der Waals surface area contributed by atoms with Crippen LogP contribution in [0, 0.1) is 17.2 Å². The van der Waals surface area contributed by atoms with Gasteiger partial charge in [-0.25, -0.2) is 8.42 Å². The van der Waals surface area contributed by atoms with Crippen LogP contribution in [0.15, 0.2) is 53.4 Å². The minimum Gasteiger partial charge on any atom is -0.497 e. The maximum Gasteiger partial charge on any atom is 0.243 e. The topological polar surface area (TPSA) is 90.7 Å². The lowest BCUT2D eigenvalue weighted by Gasteiger charge is -2.34. The Balaban J connectivity index is 1.40. The Morgan fingerprint density at radius 3 is 2.25 bits per heavy atom. The molecular formula is C24H27N3O4S. The summed E-state index contributed by atoms with van der Waals surface area (Å²) in [6, 6.07) is 15.9. The Morgan fingerprint density at radius 1 is 1.00 bits per heavy atom. The van der Waals surface area contributed by atoms with Crippen molar-refractivity contribution in [1.29, 1.82) is 5.26 Å². The SMILES string of the molecule is COc1ccc([C@@H]2CCCN2C(=O)C2CCN(S(=O)(=O)c3ccc(C#N)cc3)CC2)cc1. The van der Waals surface area contributed by atoms with Crippen LogP contribution in [0.25, 0.3) is 0 Å². The number of piperidine rings is 1. The molecule has 0 spiro atoms. The number of carbonyl (C=O) groups excluding carboxylic acids is 1. The summed E-state index contributed by atoms with van der Waals surface area (Å²) < 4.78 is 32.6. The Bertz CT molecular complexity index is 1100.